The number of carbonyl (C=O) groups excluding carboxylic acids is 1. The van der Waals surface area contributed by atoms with Crippen LogP contribution in [0.4, 0.5) is 0 Å². The first-order chi connectivity index (χ1) is 15.5. The minimum Gasteiger partial charge on any atom is -0.464 e. The van der Waals surface area contributed by atoms with Crippen molar-refractivity contribution >= 4 is 50.6 Å². The van der Waals surface area contributed by atoms with Crippen LogP contribution in [0.25, 0.3) is 20.7 Å². The summed E-state index contributed by atoms with van der Waals surface area (Å²) in [7, 11) is 1.79. The van der Waals surface area contributed by atoms with Crippen molar-refractivity contribution < 1.29 is 9.21 Å². The fraction of sp³-hybridized carbons (Fsp3) is 0.348. The zero-order valence-electron chi connectivity index (χ0n) is 17.8. The van der Waals surface area contributed by atoms with Crippen molar-refractivity contribution in [2.24, 2.45) is 5.92 Å². The predicted molar refractivity (Wildman–Crippen MR) is 131 cm³/mol. The summed E-state index contributed by atoms with van der Waals surface area (Å²) < 4.78 is 5.91. The van der Waals surface area contributed by atoms with E-state index in [9.17, 15) is 9.59 Å². The lowest BCUT2D eigenvalue weighted by atomic mass is 10.2. The number of fused-ring (bicyclic) bond motifs is 1. The largest absolute Gasteiger partial charge is 0.464 e. The maximum atomic E-state index is 12.7. The Morgan fingerprint density at radius 1 is 1.34 bits per heavy atom. The van der Waals surface area contributed by atoms with E-state index in [1.54, 1.807) is 23.3 Å². The molecule has 2 atom stereocenters. The van der Waals surface area contributed by atoms with Gasteiger partial charge in [0.2, 0.25) is 5.91 Å². The standard InChI is InChI=1S/C23H23N3O3S3/c1-13-8-15(13)17-6-5-14(29-17)9-26(2)20(27)12-30-11-19-24-22(28)21-16(10-32-23(21)25-19)18-4-3-7-31-18/h3-7,10,13,15H,8-9,11-12H2,1-2H3,(H,24,25,28)/t13-,15-/m1/s1. The molecule has 1 saturated carbocycles. The monoisotopic (exact) mass is 485 g/mol. The van der Waals surface area contributed by atoms with Crippen LogP contribution in [0.5, 0.6) is 0 Å². The summed E-state index contributed by atoms with van der Waals surface area (Å²) in [4.78, 5) is 36.2. The lowest BCUT2D eigenvalue weighted by molar-refractivity contribution is -0.127. The van der Waals surface area contributed by atoms with Crippen molar-refractivity contribution in [3.63, 3.8) is 0 Å². The van der Waals surface area contributed by atoms with Gasteiger partial charge >= 0.3 is 0 Å². The molecule has 5 rings (SSSR count). The normalized spacial score (nSPS) is 17.7. The van der Waals surface area contributed by atoms with Gasteiger partial charge in [-0.1, -0.05) is 13.0 Å². The first-order valence-electron chi connectivity index (χ1n) is 10.4. The summed E-state index contributed by atoms with van der Waals surface area (Å²) >= 11 is 4.53. The lowest BCUT2D eigenvalue weighted by Crippen LogP contribution is -2.27. The number of aromatic nitrogens is 2. The van der Waals surface area contributed by atoms with Crippen LogP contribution >= 0.6 is 34.4 Å². The van der Waals surface area contributed by atoms with Gasteiger partial charge in [0, 0.05) is 28.8 Å². The van der Waals surface area contributed by atoms with Gasteiger partial charge in [-0.25, -0.2) is 4.98 Å². The molecule has 1 aliphatic carbocycles. The number of carbonyl (C=O) groups is 1. The number of nitrogens with one attached hydrogen (secondary N) is 1. The van der Waals surface area contributed by atoms with E-state index in [-0.39, 0.29) is 11.5 Å². The zero-order chi connectivity index (χ0) is 22.2. The maximum Gasteiger partial charge on any atom is 0.260 e. The second-order valence-corrected chi connectivity index (χ2v) is 11.0. The predicted octanol–water partition coefficient (Wildman–Crippen LogP) is 5.32. The van der Waals surface area contributed by atoms with Crippen LogP contribution in [-0.4, -0.2) is 33.6 Å². The second kappa shape index (κ2) is 8.88. The van der Waals surface area contributed by atoms with Crippen molar-refractivity contribution in [3.05, 3.63) is 62.7 Å². The van der Waals surface area contributed by atoms with E-state index in [1.807, 2.05) is 35.0 Å². The van der Waals surface area contributed by atoms with Crippen molar-refractivity contribution in [3.8, 4) is 10.4 Å². The fourth-order valence-electron chi connectivity index (χ4n) is 3.74. The Balaban J connectivity index is 1.17. The van der Waals surface area contributed by atoms with Crippen LogP contribution in [0.15, 0.2) is 44.2 Å². The van der Waals surface area contributed by atoms with Crippen molar-refractivity contribution in [2.45, 2.75) is 31.6 Å². The number of furan rings is 1. The molecule has 32 heavy (non-hydrogen) atoms. The van der Waals surface area contributed by atoms with E-state index in [2.05, 4.69) is 16.9 Å². The van der Waals surface area contributed by atoms with Gasteiger partial charge in [0.15, 0.2) is 0 Å². The Hall–Kier alpha value is -2.36. The summed E-state index contributed by atoms with van der Waals surface area (Å²) in [6.45, 7) is 2.68. The molecule has 0 bridgehead atoms. The Labute approximate surface area is 197 Å². The van der Waals surface area contributed by atoms with Crippen LogP contribution in [0, 0.1) is 5.92 Å². The van der Waals surface area contributed by atoms with E-state index in [0.717, 1.165) is 26.8 Å². The van der Waals surface area contributed by atoms with Crippen molar-refractivity contribution in [1.82, 2.24) is 14.9 Å². The molecule has 1 N–H and O–H groups in total. The number of aromatic amines is 1. The van der Waals surface area contributed by atoms with E-state index in [4.69, 9.17) is 4.42 Å². The van der Waals surface area contributed by atoms with Gasteiger partial charge < -0.3 is 14.3 Å². The number of rotatable bonds is 8. The Bertz CT molecular complexity index is 1300. The number of nitrogens with zero attached hydrogens (tertiary/aromatic N) is 2. The molecule has 9 heteroatoms. The molecule has 1 aliphatic rings. The molecule has 166 valence electrons. The van der Waals surface area contributed by atoms with E-state index in [0.29, 0.717) is 41.1 Å². The topological polar surface area (TPSA) is 79.2 Å². The molecule has 0 aromatic carbocycles. The van der Waals surface area contributed by atoms with Crippen LogP contribution in [0.1, 0.15) is 36.6 Å². The molecule has 0 radical (unpaired) electrons. The number of hydrogen-bond donors (Lipinski definition) is 1. The van der Waals surface area contributed by atoms with E-state index >= 15 is 0 Å². The van der Waals surface area contributed by atoms with E-state index < -0.39 is 0 Å². The minimum absolute atomic E-state index is 0.0206. The summed E-state index contributed by atoms with van der Waals surface area (Å²) in [6.07, 6.45) is 1.18. The van der Waals surface area contributed by atoms with Gasteiger partial charge in [0.1, 0.15) is 22.2 Å². The molecule has 6 nitrogen and oxygen atoms in total. The molecule has 4 heterocycles. The minimum atomic E-state index is -0.128. The molecular weight excluding hydrogens is 462 g/mol. The molecule has 0 saturated heterocycles. The van der Waals surface area contributed by atoms with Gasteiger partial charge in [-0.15, -0.1) is 34.4 Å². The van der Waals surface area contributed by atoms with Crippen LogP contribution in [0.2, 0.25) is 0 Å². The molecule has 1 amide bonds. The average molecular weight is 486 g/mol. The smallest absolute Gasteiger partial charge is 0.260 e. The highest BCUT2D eigenvalue weighted by atomic mass is 32.2. The van der Waals surface area contributed by atoms with Gasteiger partial charge in [-0.2, -0.15) is 0 Å². The molecule has 0 aliphatic heterocycles. The van der Waals surface area contributed by atoms with Crippen molar-refractivity contribution in [1.29, 1.82) is 0 Å². The fourth-order valence-corrected chi connectivity index (χ4v) is 6.35. The number of hydrogen-bond acceptors (Lipinski definition) is 7. The third-order valence-electron chi connectivity index (χ3n) is 5.72. The molecule has 0 spiro atoms. The maximum absolute atomic E-state index is 12.7. The van der Waals surface area contributed by atoms with Gasteiger partial charge in [-0.05, 0) is 35.9 Å². The number of H-pyrrole nitrogens is 1. The first kappa shape index (κ1) is 21.5. The van der Waals surface area contributed by atoms with Crippen LogP contribution in [-0.2, 0) is 17.1 Å². The Morgan fingerprint density at radius 2 is 2.19 bits per heavy atom. The Kier molecular flexibility index (Phi) is 5.96. The Morgan fingerprint density at radius 3 is 2.94 bits per heavy atom. The summed E-state index contributed by atoms with van der Waals surface area (Å²) in [6, 6.07) is 7.98. The van der Waals surface area contributed by atoms with Crippen LogP contribution < -0.4 is 5.56 Å². The lowest BCUT2D eigenvalue weighted by Gasteiger charge is -2.15. The first-order valence-corrected chi connectivity index (χ1v) is 13.4. The third kappa shape index (κ3) is 4.42. The highest BCUT2D eigenvalue weighted by molar-refractivity contribution is 7.99. The second-order valence-electron chi connectivity index (χ2n) is 8.19. The summed E-state index contributed by atoms with van der Waals surface area (Å²) in [5.41, 5.74) is 0.805. The van der Waals surface area contributed by atoms with Gasteiger partial charge in [-0.3, -0.25) is 9.59 Å². The third-order valence-corrected chi connectivity index (χ3v) is 8.42. The molecular formula is C23H23N3O3S3. The molecule has 0 unspecified atom stereocenters. The quantitative estimate of drug-likeness (QED) is 0.365. The SMILES string of the molecule is C[C@@H]1C[C@H]1c1ccc(CN(C)C(=O)CSCc2nc3scc(-c4cccs4)c3c(=O)[nH]2)o1. The number of thioether (sulfide) groups is 1. The highest BCUT2D eigenvalue weighted by Crippen LogP contribution is 2.47. The molecule has 1 fully saturated rings. The number of thiophene rings is 2. The van der Waals surface area contributed by atoms with Gasteiger partial charge in [0.05, 0.1) is 23.4 Å². The molecule has 4 aromatic rings. The highest BCUT2D eigenvalue weighted by Gasteiger charge is 2.36. The van der Waals surface area contributed by atoms with Crippen LogP contribution in [0.3, 0.4) is 0 Å². The molecule has 4 aromatic heterocycles. The zero-order valence-corrected chi connectivity index (χ0v) is 20.2. The summed E-state index contributed by atoms with van der Waals surface area (Å²) in [5.74, 6) is 4.49. The summed E-state index contributed by atoms with van der Waals surface area (Å²) in [5, 5.41) is 4.62. The number of amides is 1. The average Bonchev–Trinajstić information content (AvgIpc) is 3.23. The van der Waals surface area contributed by atoms with Crippen molar-refractivity contribution in [2.75, 3.05) is 12.8 Å². The van der Waals surface area contributed by atoms with E-state index in [1.165, 1.54) is 29.5 Å². The van der Waals surface area contributed by atoms with Gasteiger partial charge in [0.25, 0.3) is 5.56 Å².